The first-order chi connectivity index (χ1) is 10.2. The number of aryl methyl sites for hydroxylation is 1. The summed E-state index contributed by atoms with van der Waals surface area (Å²) >= 11 is 0. The molecule has 0 radical (unpaired) electrons. The molecule has 21 heavy (non-hydrogen) atoms. The predicted octanol–water partition coefficient (Wildman–Crippen LogP) is 3.09. The van der Waals surface area contributed by atoms with Gasteiger partial charge in [0.1, 0.15) is 6.10 Å². The Bertz CT molecular complexity index is 547. The van der Waals surface area contributed by atoms with E-state index in [9.17, 15) is 9.59 Å². The van der Waals surface area contributed by atoms with Gasteiger partial charge in [-0.2, -0.15) is 0 Å². The van der Waals surface area contributed by atoms with Crippen LogP contribution in [0.15, 0.2) is 42.5 Å². The third-order valence-electron chi connectivity index (χ3n) is 4.53. The van der Waals surface area contributed by atoms with Crippen molar-refractivity contribution >= 4 is 11.8 Å². The Morgan fingerprint density at radius 1 is 1.24 bits per heavy atom. The molecule has 1 aromatic carbocycles. The van der Waals surface area contributed by atoms with Gasteiger partial charge in [-0.1, -0.05) is 36.4 Å². The van der Waals surface area contributed by atoms with E-state index in [4.69, 9.17) is 4.74 Å². The second kappa shape index (κ2) is 6.25. The van der Waals surface area contributed by atoms with Gasteiger partial charge in [0.25, 0.3) is 0 Å². The number of ether oxygens (including phenoxy) is 1. The van der Waals surface area contributed by atoms with E-state index in [2.05, 4.69) is 0 Å². The number of allylic oxidation sites excluding steroid dienone is 2. The van der Waals surface area contributed by atoms with Gasteiger partial charge in [0.2, 0.25) is 0 Å². The minimum absolute atomic E-state index is 0.0847. The molecule has 1 aliphatic heterocycles. The minimum Gasteiger partial charge on any atom is -0.462 e. The lowest BCUT2D eigenvalue weighted by molar-refractivity contribution is -0.141. The maximum atomic E-state index is 11.9. The molecule has 3 heteroatoms. The molecule has 2 fully saturated rings. The van der Waals surface area contributed by atoms with Gasteiger partial charge in [0.15, 0.2) is 5.78 Å². The zero-order chi connectivity index (χ0) is 14.7. The molecule has 0 bridgehead atoms. The van der Waals surface area contributed by atoms with Crippen molar-refractivity contribution in [3.63, 3.8) is 0 Å². The van der Waals surface area contributed by atoms with Crippen LogP contribution in [-0.2, 0) is 20.7 Å². The van der Waals surface area contributed by atoms with Gasteiger partial charge in [0, 0.05) is 12.3 Å². The Hall–Kier alpha value is -1.90. The van der Waals surface area contributed by atoms with Crippen LogP contribution in [0.1, 0.15) is 31.2 Å². The summed E-state index contributed by atoms with van der Waals surface area (Å²) < 4.78 is 5.27. The van der Waals surface area contributed by atoms with E-state index in [0.29, 0.717) is 18.8 Å². The smallest absolute Gasteiger partial charge is 0.306 e. The molecule has 3 atom stereocenters. The maximum Gasteiger partial charge on any atom is 0.306 e. The molecule has 3 rings (SSSR count). The van der Waals surface area contributed by atoms with E-state index < -0.39 is 0 Å². The molecular formula is C18H20O3. The van der Waals surface area contributed by atoms with Crippen molar-refractivity contribution in [2.45, 2.75) is 38.2 Å². The lowest BCUT2D eigenvalue weighted by atomic mass is 9.92. The average molecular weight is 284 g/mol. The van der Waals surface area contributed by atoms with Gasteiger partial charge >= 0.3 is 5.97 Å². The number of benzene rings is 1. The van der Waals surface area contributed by atoms with Gasteiger partial charge in [-0.25, -0.2) is 0 Å². The van der Waals surface area contributed by atoms with Crippen LogP contribution < -0.4 is 0 Å². The van der Waals surface area contributed by atoms with Crippen molar-refractivity contribution in [3.05, 3.63) is 48.0 Å². The van der Waals surface area contributed by atoms with Crippen LogP contribution in [0, 0.1) is 11.8 Å². The number of carbonyl (C=O) groups excluding carboxylic acids is 2. The van der Waals surface area contributed by atoms with Crippen LogP contribution in [0.4, 0.5) is 0 Å². The minimum atomic E-state index is -0.0847. The van der Waals surface area contributed by atoms with Crippen LogP contribution in [0.3, 0.4) is 0 Å². The highest BCUT2D eigenvalue weighted by atomic mass is 16.5. The second-order valence-electron chi connectivity index (χ2n) is 5.95. The molecule has 2 aliphatic rings. The molecule has 1 saturated carbocycles. The third kappa shape index (κ3) is 3.41. The molecule has 0 amide bonds. The Labute approximate surface area is 125 Å². The number of hydrogen-bond donors (Lipinski definition) is 0. The van der Waals surface area contributed by atoms with Crippen LogP contribution >= 0.6 is 0 Å². The number of fused-ring (bicyclic) bond motifs is 1. The Balaban J connectivity index is 1.49. The zero-order valence-corrected chi connectivity index (χ0v) is 12.0. The normalized spacial score (nSPS) is 27.8. The summed E-state index contributed by atoms with van der Waals surface area (Å²) in [5.74, 6) is 0.684. The van der Waals surface area contributed by atoms with Gasteiger partial charge in [-0.15, -0.1) is 0 Å². The Morgan fingerprint density at radius 2 is 2.05 bits per heavy atom. The monoisotopic (exact) mass is 284 g/mol. The molecule has 3 unspecified atom stereocenters. The van der Waals surface area contributed by atoms with Crippen molar-refractivity contribution in [1.29, 1.82) is 0 Å². The molecule has 1 aliphatic carbocycles. The van der Waals surface area contributed by atoms with Gasteiger partial charge in [-0.05, 0) is 36.8 Å². The molecule has 1 saturated heterocycles. The average Bonchev–Trinajstić information content (AvgIpc) is 3.03. The van der Waals surface area contributed by atoms with Crippen LogP contribution in [0.2, 0.25) is 0 Å². The van der Waals surface area contributed by atoms with Crippen LogP contribution in [0.25, 0.3) is 0 Å². The van der Waals surface area contributed by atoms with Gasteiger partial charge in [-0.3, -0.25) is 9.59 Å². The van der Waals surface area contributed by atoms with E-state index in [1.54, 1.807) is 6.08 Å². The van der Waals surface area contributed by atoms with Crippen LogP contribution in [-0.4, -0.2) is 17.9 Å². The van der Waals surface area contributed by atoms with E-state index in [0.717, 1.165) is 19.3 Å². The molecule has 0 aromatic heterocycles. The lowest BCUT2D eigenvalue weighted by Gasteiger charge is -2.10. The number of rotatable bonds is 5. The molecule has 110 valence electrons. The van der Waals surface area contributed by atoms with E-state index in [-0.39, 0.29) is 23.8 Å². The van der Waals surface area contributed by atoms with Gasteiger partial charge in [0.05, 0.1) is 6.42 Å². The first-order valence-corrected chi connectivity index (χ1v) is 7.67. The first-order valence-electron chi connectivity index (χ1n) is 7.67. The summed E-state index contributed by atoms with van der Waals surface area (Å²) in [4.78, 5) is 23.2. The summed E-state index contributed by atoms with van der Waals surface area (Å²) in [6, 6.07) is 10.0. The van der Waals surface area contributed by atoms with Gasteiger partial charge < -0.3 is 4.74 Å². The molecule has 0 N–H and O–H groups in total. The first kappa shape index (κ1) is 14.1. The SMILES string of the molecule is O=C(/C=C/C1CCC2OC(=O)CC12)CCc1ccccc1. The van der Waals surface area contributed by atoms with Crippen molar-refractivity contribution in [3.8, 4) is 0 Å². The summed E-state index contributed by atoms with van der Waals surface area (Å²) in [5.41, 5.74) is 1.19. The summed E-state index contributed by atoms with van der Waals surface area (Å²) in [6.07, 6.45) is 7.58. The lowest BCUT2D eigenvalue weighted by Crippen LogP contribution is -2.12. The topological polar surface area (TPSA) is 43.4 Å². The maximum absolute atomic E-state index is 11.9. The summed E-state index contributed by atoms with van der Waals surface area (Å²) in [5, 5.41) is 0. The van der Waals surface area contributed by atoms with Crippen molar-refractivity contribution in [1.82, 2.24) is 0 Å². The van der Waals surface area contributed by atoms with E-state index in [1.807, 2.05) is 36.4 Å². The van der Waals surface area contributed by atoms with Crippen molar-refractivity contribution < 1.29 is 14.3 Å². The molecule has 1 aromatic rings. The van der Waals surface area contributed by atoms with E-state index in [1.165, 1.54) is 5.56 Å². The van der Waals surface area contributed by atoms with Crippen molar-refractivity contribution in [2.24, 2.45) is 11.8 Å². The Morgan fingerprint density at radius 3 is 2.86 bits per heavy atom. The summed E-state index contributed by atoms with van der Waals surface area (Å²) in [6.45, 7) is 0. The molecular weight excluding hydrogens is 264 g/mol. The molecule has 0 spiro atoms. The standard InChI is InChI=1S/C18H20O3/c19-15(9-6-13-4-2-1-3-5-13)10-7-14-8-11-17-16(14)12-18(20)21-17/h1-5,7,10,14,16-17H,6,8-9,11-12H2/b10-7+. The highest BCUT2D eigenvalue weighted by Crippen LogP contribution is 2.41. The zero-order valence-electron chi connectivity index (χ0n) is 12.0. The fraction of sp³-hybridized carbons (Fsp3) is 0.444. The fourth-order valence-electron chi connectivity index (χ4n) is 3.36. The number of hydrogen-bond acceptors (Lipinski definition) is 3. The third-order valence-corrected chi connectivity index (χ3v) is 4.53. The molecule has 1 heterocycles. The number of carbonyl (C=O) groups is 2. The van der Waals surface area contributed by atoms with E-state index >= 15 is 0 Å². The quantitative estimate of drug-likeness (QED) is 0.616. The highest BCUT2D eigenvalue weighted by molar-refractivity contribution is 5.89. The van der Waals surface area contributed by atoms with Crippen molar-refractivity contribution in [2.75, 3.05) is 0 Å². The highest BCUT2D eigenvalue weighted by Gasteiger charge is 2.43. The van der Waals surface area contributed by atoms with Crippen LogP contribution in [0.5, 0.6) is 0 Å². The molecule has 3 nitrogen and oxygen atoms in total. The predicted molar refractivity (Wildman–Crippen MR) is 79.6 cm³/mol. The number of esters is 1. The second-order valence-corrected chi connectivity index (χ2v) is 5.95. The fourth-order valence-corrected chi connectivity index (χ4v) is 3.36. The Kier molecular flexibility index (Phi) is 4.18. The largest absolute Gasteiger partial charge is 0.462 e. The number of ketones is 1. The summed E-state index contributed by atoms with van der Waals surface area (Å²) in [7, 11) is 0.